The second kappa shape index (κ2) is 11.5. The number of hydrogen-bond acceptors (Lipinski definition) is 3. The number of aromatic nitrogens is 1. The van der Waals surface area contributed by atoms with Crippen molar-refractivity contribution in [3.63, 3.8) is 0 Å². The molecular weight excluding hydrogens is 340 g/mol. The van der Waals surface area contributed by atoms with Crippen LogP contribution >= 0.6 is 9.53 Å². The molecule has 1 aliphatic rings. The first-order valence-corrected chi connectivity index (χ1v) is 7.12. The van der Waals surface area contributed by atoms with E-state index in [1.165, 1.54) is 6.42 Å². The number of nitrogens with zero attached hydrogens (tertiary/aromatic N) is 3. The fraction of sp³-hybridized carbons (Fsp3) is 0.154. The maximum absolute atomic E-state index is 4.49. The standard InChI is InChI=1S/C10H11N3.C3H5.ClH.Pd/c1-12-6-7-13(9-12)8-10-4-2-3-5-11-10;1-3-2;;/h2-7H,8H2,1H3;3H,1-2H2;1H;/q;;;+2/p-1. The summed E-state index contributed by atoms with van der Waals surface area (Å²) in [4.78, 5) is 8.10. The molecule has 99 valence electrons. The molecule has 5 heteroatoms. The average Bonchev–Trinajstić information content (AvgIpc) is 2.80. The van der Waals surface area contributed by atoms with E-state index in [1.54, 1.807) is 6.20 Å². The van der Waals surface area contributed by atoms with Gasteiger partial charge in [-0.2, -0.15) is 0 Å². The van der Waals surface area contributed by atoms with Crippen molar-refractivity contribution in [3.05, 3.63) is 69.4 Å². The van der Waals surface area contributed by atoms with Crippen LogP contribution < -0.4 is 0 Å². The van der Waals surface area contributed by atoms with Crippen molar-refractivity contribution in [1.82, 2.24) is 14.8 Å². The molecule has 0 atom stereocenters. The third-order valence-corrected chi connectivity index (χ3v) is 1.81. The summed E-state index contributed by atoms with van der Waals surface area (Å²) < 4.78 is 0. The van der Waals surface area contributed by atoms with Crippen molar-refractivity contribution in [3.8, 4) is 0 Å². The predicted octanol–water partition coefficient (Wildman–Crippen LogP) is 2.84. The van der Waals surface area contributed by atoms with E-state index in [1.807, 2.05) is 47.4 Å². The molecule has 0 bridgehead atoms. The summed E-state index contributed by atoms with van der Waals surface area (Å²) in [5.74, 6) is 0. The van der Waals surface area contributed by atoms with Gasteiger partial charge in [0, 0.05) is 25.6 Å². The van der Waals surface area contributed by atoms with Crippen LogP contribution in [0.25, 0.3) is 0 Å². The Balaban J connectivity index is 0.000000509. The minimum atomic E-state index is 0.779. The van der Waals surface area contributed by atoms with Crippen LogP contribution in [0.5, 0.6) is 0 Å². The summed E-state index contributed by atoms with van der Waals surface area (Å²) in [5.41, 5.74) is 1.05. The monoisotopic (exact) mass is 355 g/mol. The molecule has 0 saturated heterocycles. The van der Waals surface area contributed by atoms with Gasteiger partial charge in [-0.25, -0.2) is 0 Å². The van der Waals surface area contributed by atoms with E-state index < -0.39 is 0 Å². The molecule has 0 N–H and O–H groups in total. The van der Waals surface area contributed by atoms with E-state index in [-0.39, 0.29) is 0 Å². The molecule has 18 heavy (non-hydrogen) atoms. The zero-order valence-corrected chi connectivity index (χ0v) is 12.5. The van der Waals surface area contributed by atoms with E-state index in [0.717, 1.165) is 12.2 Å². The van der Waals surface area contributed by atoms with Crippen molar-refractivity contribution in [2.75, 3.05) is 7.05 Å². The summed E-state index contributed by atoms with van der Waals surface area (Å²) in [7, 11) is 6.44. The molecule has 5 radical (unpaired) electrons. The van der Waals surface area contributed by atoms with Crippen LogP contribution in [-0.4, -0.2) is 21.8 Å². The number of rotatable bonds is 2. The van der Waals surface area contributed by atoms with Crippen molar-refractivity contribution in [2.24, 2.45) is 0 Å². The number of hydrogen-bond donors (Lipinski definition) is 0. The van der Waals surface area contributed by atoms with Gasteiger partial charge in [-0.3, -0.25) is 4.98 Å². The van der Waals surface area contributed by atoms with Crippen molar-refractivity contribution in [2.45, 2.75) is 6.54 Å². The molecule has 1 aromatic heterocycles. The van der Waals surface area contributed by atoms with Gasteiger partial charge in [-0.15, -0.1) is 0 Å². The number of pyridine rings is 1. The van der Waals surface area contributed by atoms with Gasteiger partial charge in [0.2, 0.25) is 6.67 Å². The summed E-state index contributed by atoms with van der Waals surface area (Å²) in [6.45, 7) is 10.4. The Bertz CT molecular complexity index is 319. The van der Waals surface area contributed by atoms with Gasteiger partial charge >= 0.3 is 27.7 Å². The van der Waals surface area contributed by atoms with Crippen LogP contribution in [0, 0.1) is 26.9 Å². The van der Waals surface area contributed by atoms with E-state index in [4.69, 9.17) is 0 Å². The van der Waals surface area contributed by atoms with E-state index >= 15 is 0 Å². The summed E-state index contributed by atoms with van der Waals surface area (Å²) in [5, 5.41) is 0. The fourth-order valence-corrected chi connectivity index (χ4v) is 1.20. The predicted molar refractivity (Wildman–Crippen MR) is 70.8 cm³/mol. The quantitative estimate of drug-likeness (QED) is 0.760. The summed E-state index contributed by atoms with van der Waals surface area (Å²) >= 11 is 2.22. The van der Waals surface area contributed by atoms with Crippen LogP contribution in [0.3, 0.4) is 0 Å². The Labute approximate surface area is 125 Å². The van der Waals surface area contributed by atoms with Gasteiger partial charge in [0.15, 0.2) is 0 Å². The van der Waals surface area contributed by atoms with Crippen LogP contribution in [-0.2, 0) is 24.7 Å². The first-order valence-electron chi connectivity index (χ1n) is 5.12. The molecule has 0 aliphatic carbocycles. The molecular formula is C13H16ClN3Pd+. The molecule has 2 heterocycles. The Hall–Kier alpha value is -0.558. The molecule has 0 fully saturated rings. The Morgan fingerprint density at radius 2 is 2.06 bits per heavy atom. The molecule has 0 unspecified atom stereocenters. The van der Waals surface area contributed by atoms with E-state index in [9.17, 15) is 0 Å². The van der Waals surface area contributed by atoms with Crippen molar-refractivity contribution >= 4 is 9.53 Å². The molecule has 1 aliphatic heterocycles. The van der Waals surface area contributed by atoms with Crippen LogP contribution in [0.15, 0.2) is 36.8 Å². The van der Waals surface area contributed by atoms with Gasteiger partial charge < -0.3 is 9.80 Å². The normalized spacial score (nSPS) is 12.6. The Morgan fingerprint density at radius 3 is 2.50 bits per heavy atom. The fourth-order valence-electron chi connectivity index (χ4n) is 1.20. The van der Waals surface area contributed by atoms with E-state index in [0.29, 0.717) is 0 Å². The molecule has 2 rings (SSSR count). The number of halogens is 1. The summed E-state index contributed by atoms with van der Waals surface area (Å²) in [6.07, 6.45) is 7.25. The third-order valence-electron chi connectivity index (χ3n) is 1.81. The topological polar surface area (TPSA) is 19.4 Å². The molecule has 0 aromatic carbocycles. The second-order valence-electron chi connectivity index (χ2n) is 3.25. The Kier molecular flexibility index (Phi) is 11.2. The first-order chi connectivity index (χ1) is 8.76. The van der Waals surface area contributed by atoms with Crippen LogP contribution in [0.2, 0.25) is 0 Å². The third kappa shape index (κ3) is 7.71. The molecule has 0 spiro atoms. The zero-order valence-electron chi connectivity index (χ0n) is 10.2. The van der Waals surface area contributed by atoms with Gasteiger partial charge in [0.25, 0.3) is 0 Å². The SMILES string of the molecule is CN1[C]N(Cc2ccccn2)C=C1.[CH2][CH][CH2].[Cl][Pd+]. The van der Waals surface area contributed by atoms with Gasteiger partial charge in [0.1, 0.15) is 0 Å². The zero-order chi connectivity index (χ0) is 13.8. The maximum atomic E-state index is 4.49. The molecule has 1 aromatic rings. The second-order valence-corrected chi connectivity index (χ2v) is 3.25. The van der Waals surface area contributed by atoms with Crippen molar-refractivity contribution in [1.29, 1.82) is 0 Å². The molecule has 3 nitrogen and oxygen atoms in total. The molecule has 0 amide bonds. The van der Waals surface area contributed by atoms with Gasteiger partial charge in [-0.1, -0.05) is 6.07 Å². The molecule has 0 saturated carbocycles. The Morgan fingerprint density at radius 1 is 1.39 bits per heavy atom. The van der Waals surface area contributed by atoms with Gasteiger partial charge in [0.05, 0.1) is 12.2 Å². The van der Waals surface area contributed by atoms with Crippen molar-refractivity contribution < 1.29 is 18.2 Å². The van der Waals surface area contributed by atoms with Crippen LogP contribution in [0.1, 0.15) is 5.69 Å². The first kappa shape index (κ1) is 17.4. The van der Waals surface area contributed by atoms with E-state index in [2.05, 4.69) is 53.2 Å². The summed E-state index contributed by atoms with van der Waals surface area (Å²) in [6, 6.07) is 5.92. The van der Waals surface area contributed by atoms with Gasteiger partial charge in [-0.05, 0) is 32.4 Å². The van der Waals surface area contributed by atoms with Crippen LogP contribution in [0.4, 0.5) is 0 Å². The minimum absolute atomic E-state index is 0.779. The average molecular weight is 356 g/mol.